The van der Waals surface area contributed by atoms with Crippen LogP contribution < -0.4 is 5.32 Å². The molecule has 0 atom stereocenters. The normalized spacial score (nSPS) is 20.4. The van der Waals surface area contributed by atoms with Gasteiger partial charge in [0.15, 0.2) is 0 Å². The van der Waals surface area contributed by atoms with E-state index in [9.17, 15) is 14.4 Å². The standard InChI is InChI=1S/C16H21N3O3S/c1-18-15(22)19(14(21)16(18)7-3-2-4-8-16)11-13(20)17-10-12-6-5-9-23-12/h5-6,9H,2-4,7-8,10-11H2,1H3,(H,17,20). The maximum atomic E-state index is 12.8. The topological polar surface area (TPSA) is 69.7 Å². The molecule has 7 heteroatoms. The number of carbonyl (C=O) groups excluding carboxylic acids is 3. The number of nitrogens with zero attached hydrogens (tertiary/aromatic N) is 2. The summed E-state index contributed by atoms with van der Waals surface area (Å²) in [6, 6.07) is 3.49. The van der Waals surface area contributed by atoms with Crippen LogP contribution in [0.25, 0.3) is 0 Å². The molecule has 1 aliphatic heterocycles. The highest BCUT2D eigenvalue weighted by atomic mass is 32.1. The average Bonchev–Trinajstić information content (AvgIpc) is 3.14. The highest BCUT2D eigenvalue weighted by molar-refractivity contribution is 7.09. The van der Waals surface area contributed by atoms with Crippen LogP contribution in [0.5, 0.6) is 0 Å². The SMILES string of the molecule is CN1C(=O)N(CC(=O)NCc2cccs2)C(=O)C12CCCCC2. The summed E-state index contributed by atoms with van der Waals surface area (Å²) in [4.78, 5) is 40.9. The summed E-state index contributed by atoms with van der Waals surface area (Å²) in [5.74, 6) is -0.516. The molecule has 2 heterocycles. The van der Waals surface area contributed by atoms with Gasteiger partial charge in [-0.2, -0.15) is 0 Å². The van der Waals surface area contributed by atoms with Gasteiger partial charge in [0.2, 0.25) is 5.91 Å². The fourth-order valence-electron chi connectivity index (χ4n) is 3.47. The van der Waals surface area contributed by atoms with Crippen molar-refractivity contribution in [2.45, 2.75) is 44.2 Å². The van der Waals surface area contributed by atoms with Crippen LogP contribution in [0.2, 0.25) is 0 Å². The molecule has 2 aliphatic rings. The summed E-state index contributed by atoms with van der Waals surface area (Å²) in [7, 11) is 1.68. The number of hydrogen-bond acceptors (Lipinski definition) is 4. The van der Waals surface area contributed by atoms with Crippen molar-refractivity contribution >= 4 is 29.2 Å². The van der Waals surface area contributed by atoms with Crippen molar-refractivity contribution in [3.63, 3.8) is 0 Å². The lowest BCUT2D eigenvalue weighted by Gasteiger charge is -2.35. The van der Waals surface area contributed by atoms with E-state index in [4.69, 9.17) is 0 Å². The van der Waals surface area contributed by atoms with E-state index < -0.39 is 5.54 Å². The first-order valence-corrected chi connectivity index (χ1v) is 8.81. The second-order valence-corrected chi connectivity index (χ2v) is 7.21. The zero-order valence-corrected chi connectivity index (χ0v) is 14.0. The molecule has 2 fully saturated rings. The van der Waals surface area contributed by atoms with E-state index in [1.165, 1.54) is 0 Å². The van der Waals surface area contributed by atoms with Crippen LogP contribution in [-0.4, -0.2) is 46.8 Å². The fraction of sp³-hybridized carbons (Fsp3) is 0.562. The van der Waals surface area contributed by atoms with Crippen LogP contribution in [0.4, 0.5) is 4.79 Å². The maximum absolute atomic E-state index is 12.8. The van der Waals surface area contributed by atoms with Gasteiger partial charge in [0.25, 0.3) is 5.91 Å². The molecule has 1 saturated carbocycles. The van der Waals surface area contributed by atoms with Crippen LogP contribution in [0, 0.1) is 0 Å². The molecule has 0 bridgehead atoms. The van der Waals surface area contributed by atoms with E-state index >= 15 is 0 Å². The zero-order valence-electron chi connectivity index (χ0n) is 13.2. The first-order valence-electron chi connectivity index (χ1n) is 7.93. The van der Waals surface area contributed by atoms with Crippen molar-refractivity contribution < 1.29 is 14.4 Å². The van der Waals surface area contributed by atoms with Crippen molar-refractivity contribution in [3.05, 3.63) is 22.4 Å². The number of imide groups is 1. The van der Waals surface area contributed by atoms with Crippen LogP contribution in [0.1, 0.15) is 37.0 Å². The molecule has 1 saturated heterocycles. The molecule has 1 aromatic rings. The van der Waals surface area contributed by atoms with E-state index in [0.29, 0.717) is 19.4 Å². The Kier molecular flexibility index (Phi) is 4.39. The second kappa shape index (κ2) is 6.31. The lowest BCUT2D eigenvalue weighted by atomic mass is 9.81. The monoisotopic (exact) mass is 335 g/mol. The first kappa shape index (κ1) is 16.0. The van der Waals surface area contributed by atoms with Gasteiger partial charge >= 0.3 is 6.03 Å². The molecular weight excluding hydrogens is 314 g/mol. The van der Waals surface area contributed by atoms with Crippen LogP contribution in [-0.2, 0) is 16.1 Å². The number of hydrogen-bond donors (Lipinski definition) is 1. The van der Waals surface area contributed by atoms with Gasteiger partial charge in [-0.15, -0.1) is 11.3 Å². The summed E-state index contributed by atoms with van der Waals surface area (Å²) < 4.78 is 0. The Morgan fingerprint density at radius 2 is 2.04 bits per heavy atom. The molecule has 3 rings (SSSR count). The fourth-order valence-corrected chi connectivity index (χ4v) is 4.11. The third-order valence-electron chi connectivity index (χ3n) is 4.83. The minimum absolute atomic E-state index is 0.199. The molecule has 1 N–H and O–H groups in total. The molecule has 0 unspecified atom stereocenters. The van der Waals surface area contributed by atoms with E-state index in [-0.39, 0.29) is 24.4 Å². The third-order valence-corrected chi connectivity index (χ3v) is 5.70. The number of amides is 4. The quantitative estimate of drug-likeness (QED) is 0.855. The summed E-state index contributed by atoms with van der Waals surface area (Å²) in [6.07, 6.45) is 4.38. The molecule has 4 amide bonds. The smallest absolute Gasteiger partial charge is 0.327 e. The van der Waals surface area contributed by atoms with Gasteiger partial charge in [0.1, 0.15) is 12.1 Å². The predicted molar refractivity (Wildman–Crippen MR) is 86.9 cm³/mol. The minimum Gasteiger partial charge on any atom is -0.350 e. The number of thiophene rings is 1. The Morgan fingerprint density at radius 1 is 1.30 bits per heavy atom. The van der Waals surface area contributed by atoms with Crippen LogP contribution in [0.3, 0.4) is 0 Å². The van der Waals surface area contributed by atoms with Crippen LogP contribution >= 0.6 is 11.3 Å². The van der Waals surface area contributed by atoms with Gasteiger partial charge in [0, 0.05) is 11.9 Å². The Morgan fingerprint density at radius 3 is 2.70 bits per heavy atom. The third kappa shape index (κ3) is 2.85. The number of urea groups is 1. The number of nitrogens with one attached hydrogen (secondary N) is 1. The summed E-state index contributed by atoms with van der Waals surface area (Å²) in [5, 5.41) is 4.71. The predicted octanol–water partition coefficient (Wildman–Crippen LogP) is 1.96. The van der Waals surface area contributed by atoms with Crippen molar-refractivity contribution in [3.8, 4) is 0 Å². The van der Waals surface area contributed by atoms with E-state index in [1.807, 2.05) is 17.5 Å². The Balaban J connectivity index is 1.64. The lowest BCUT2D eigenvalue weighted by Crippen LogP contribution is -2.49. The molecule has 6 nitrogen and oxygen atoms in total. The number of rotatable bonds is 4. The minimum atomic E-state index is -0.719. The highest BCUT2D eigenvalue weighted by Crippen LogP contribution is 2.39. The van der Waals surface area contributed by atoms with Crippen molar-refractivity contribution in [2.75, 3.05) is 13.6 Å². The van der Waals surface area contributed by atoms with Crippen molar-refractivity contribution in [2.24, 2.45) is 0 Å². The van der Waals surface area contributed by atoms with Gasteiger partial charge in [-0.3, -0.25) is 14.5 Å². The summed E-state index contributed by atoms with van der Waals surface area (Å²) >= 11 is 1.56. The average molecular weight is 335 g/mol. The molecule has 124 valence electrons. The summed E-state index contributed by atoms with van der Waals surface area (Å²) in [5.41, 5.74) is -0.719. The van der Waals surface area contributed by atoms with Gasteiger partial charge in [-0.1, -0.05) is 25.3 Å². The first-order chi connectivity index (χ1) is 11.0. The number of likely N-dealkylation sites (N-methyl/N-ethyl adjacent to an activating group) is 1. The zero-order chi connectivity index (χ0) is 16.4. The van der Waals surface area contributed by atoms with Gasteiger partial charge < -0.3 is 10.2 Å². The van der Waals surface area contributed by atoms with Gasteiger partial charge in [0.05, 0.1) is 6.54 Å². The molecule has 0 aromatic carbocycles. The second-order valence-electron chi connectivity index (χ2n) is 6.18. The molecule has 0 radical (unpaired) electrons. The van der Waals surface area contributed by atoms with Gasteiger partial charge in [-0.25, -0.2) is 4.79 Å². The lowest BCUT2D eigenvalue weighted by molar-refractivity contribution is -0.137. The molecule has 1 aliphatic carbocycles. The summed E-state index contributed by atoms with van der Waals surface area (Å²) in [6.45, 7) is 0.225. The Labute approximate surface area is 139 Å². The molecule has 23 heavy (non-hydrogen) atoms. The maximum Gasteiger partial charge on any atom is 0.327 e. The van der Waals surface area contributed by atoms with Crippen LogP contribution in [0.15, 0.2) is 17.5 Å². The Hall–Kier alpha value is -1.89. The number of carbonyl (C=O) groups is 3. The molecule has 1 aromatic heterocycles. The van der Waals surface area contributed by atoms with Crippen molar-refractivity contribution in [1.29, 1.82) is 0 Å². The van der Waals surface area contributed by atoms with E-state index in [2.05, 4.69) is 5.32 Å². The molecular formula is C16H21N3O3S. The van der Waals surface area contributed by atoms with E-state index in [0.717, 1.165) is 29.0 Å². The largest absolute Gasteiger partial charge is 0.350 e. The highest BCUT2D eigenvalue weighted by Gasteiger charge is 2.55. The van der Waals surface area contributed by atoms with Crippen molar-refractivity contribution in [1.82, 2.24) is 15.1 Å². The van der Waals surface area contributed by atoms with Gasteiger partial charge in [-0.05, 0) is 24.3 Å². The molecule has 1 spiro atoms. The Bertz CT molecular complexity index is 608. The van der Waals surface area contributed by atoms with E-state index in [1.54, 1.807) is 23.3 Å².